The molecule has 0 spiro atoms. The van der Waals surface area contributed by atoms with Crippen molar-refractivity contribution in [2.45, 2.75) is 12.8 Å². The number of anilines is 2. The molecule has 2 heterocycles. The smallest absolute Gasteiger partial charge is 0.224 e. The largest absolute Gasteiger partial charge is 0.378 e. The van der Waals surface area contributed by atoms with Crippen LogP contribution in [0.25, 0.3) is 21.8 Å². The third kappa shape index (κ3) is 3.15. The maximum Gasteiger partial charge on any atom is 0.224 e. The van der Waals surface area contributed by atoms with Crippen LogP contribution in [0.1, 0.15) is 12.0 Å². The molecule has 0 saturated heterocycles. The highest BCUT2D eigenvalue weighted by Gasteiger charge is 2.16. The molecule has 0 aliphatic carbocycles. The number of aryl methyl sites for hydroxylation is 1. The van der Waals surface area contributed by atoms with Gasteiger partial charge in [-0.05, 0) is 48.4 Å². The molecule has 1 amide bonds. The lowest BCUT2D eigenvalue weighted by Crippen LogP contribution is -2.18. The van der Waals surface area contributed by atoms with Gasteiger partial charge in [-0.15, -0.1) is 11.3 Å². The highest BCUT2D eigenvalue weighted by molar-refractivity contribution is 7.13. The highest BCUT2D eigenvalue weighted by Crippen LogP contribution is 2.32. The summed E-state index contributed by atoms with van der Waals surface area (Å²) in [5.41, 5.74) is 6.50. The van der Waals surface area contributed by atoms with Gasteiger partial charge in [0.2, 0.25) is 5.91 Å². The molecular weight excluding hydrogens is 330 g/mol. The van der Waals surface area contributed by atoms with Gasteiger partial charge in [0.15, 0.2) is 0 Å². The van der Waals surface area contributed by atoms with E-state index in [1.165, 1.54) is 11.3 Å². The SMILES string of the molecule is CN(C)c1ccc(-c2nc(-c3ccc4c(c3)CCC(=O)N4)cs2)cc1. The topological polar surface area (TPSA) is 45.2 Å². The van der Waals surface area contributed by atoms with E-state index in [0.717, 1.165) is 33.9 Å². The van der Waals surface area contributed by atoms with Gasteiger partial charge in [-0.25, -0.2) is 4.98 Å². The van der Waals surface area contributed by atoms with Crippen molar-refractivity contribution in [3.05, 3.63) is 53.4 Å². The zero-order valence-corrected chi connectivity index (χ0v) is 15.1. The fourth-order valence-corrected chi connectivity index (χ4v) is 3.82. The monoisotopic (exact) mass is 349 g/mol. The molecule has 1 N–H and O–H groups in total. The minimum atomic E-state index is 0.0948. The summed E-state index contributed by atoms with van der Waals surface area (Å²) < 4.78 is 0. The van der Waals surface area contributed by atoms with E-state index in [1.54, 1.807) is 11.3 Å². The molecule has 0 saturated carbocycles. The van der Waals surface area contributed by atoms with Crippen molar-refractivity contribution in [2.24, 2.45) is 0 Å². The van der Waals surface area contributed by atoms with E-state index in [1.807, 2.05) is 26.2 Å². The molecule has 1 aliphatic heterocycles. The zero-order valence-electron chi connectivity index (χ0n) is 14.2. The quantitative estimate of drug-likeness (QED) is 0.761. The Morgan fingerprint density at radius 3 is 2.56 bits per heavy atom. The van der Waals surface area contributed by atoms with Crippen molar-refractivity contribution in [3.8, 4) is 21.8 Å². The van der Waals surface area contributed by atoms with Crippen LogP contribution in [0.4, 0.5) is 11.4 Å². The molecule has 5 heteroatoms. The second kappa shape index (κ2) is 6.33. The van der Waals surface area contributed by atoms with Crippen molar-refractivity contribution in [1.82, 2.24) is 4.98 Å². The van der Waals surface area contributed by atoms with Crippen molar-refractivity contribution < 1.29 is 4.79 Å². The Labute approximate surface area is 151 Å². The van der Waals surface area contributed by atoms with Crippen LogP contribution in [0.5, 0.6) is 0 Å². The number of carbonyl (C=O) groups is 1. The number of rotatable bonds is 3. The predicted octanol–water partition coefficient (Wildman–Crippen LogP) is 4.43. The Hall–Kier alpha value is -2.66. The van der Waals surface area contributed by atoms with Gasteiger partial charge >= 0.3 is 0 Å². The molecule has 0 unspecified atom stereocenters. The molecule has 4 nitrogen and oxygen atoms in total. The first kappa shape index (κ1) is 15.8. The molecule has 0 atom stereocenters. The number of fused-ring (bicyclic) bond motifs is 1. The lowest BCUT2D eigenvalue weighted by atomic mass is 9.99. The lowest BCUT2D eigenvalue weighted by Gasteiger charge is -2.17. The Morgan fingerprint density at radius 2 is 1.80 bits per heavy atom. The molecule has 0 fully saturated rings. The summed E-state index contributed by atoms with van der Waals surface area (Å²) in [5.74, 6) is 0.0948. The van der Waals surface area contributed by atoms with E-state index in [-0.39, 0.29) is 5.91 Å². The standard InChI is InChI=1S/C20H19N3OS/c1-23(2)16-7-3-13(4-8-16)20-22-18(12-25-20)15-5-9-17-14(11-15)6-10-19(24)21-17/h3-5,7-9,11-12H,6,10H2,1-2H3,(H,21,24). The molecule has 25 heavy (non-hydrogen) atoms. The number of benzene rings is 2. The summed E-state index contributed by atoms with van der Waals surface area (Å²) in [7, 11) is 4.07. The van der Waals surface area contributed by atoms with E-state index in [4.69, 9.17) is 4.98 Å². The summed E-state index contributed by atoms with van der Waals surface area (Å²) >= 11 is 1.66. The third-order valence-corrected chi connectivity index (χ3v) is 5.32. The first-order chi connectivity index (χ1) is 12.1. The van der Waals surface area contributed by atoms with E-state index in [9.17, 15) is 4.79 Å². The number of amides is 1. The van der Waals surface area contributed by atoms with Crippen LogP contribution < -0.4 is 10.2 Å². The van der Waals surface area contributed by atoms with Crippen LogP contribution >= 0.6 is 11.3 Å². The molecule has 1 aromatic heterocycles. The van der Waals surface area contributed by atoms with Crippen LogP contribution in [0.15, 0.2) is 47.8 Å². The lowest BCUT2D eigenvalue weighted by molar-refractivity contribution is -0.116. The number of nitrogens with one attached hydrogen (secondary N) is 1. The Bertz CT molecular complexity index is 928. The summed E-state index contributed by atoms with van der Waals surface area (Å²) in [6, 6.07) is 14.6. The van der Waals surface area contributed by atoms with Gasteiger partial charge in [-0.1, -0.05) is 6.07 Å². The molecule has 126 valence electrons. The van der Waals surface area contributed by atoms with E-state index >= 15 is 0 Å². The van der Waals surface area contributed by atoms with Crippen LogP contribution in [0.2, 0.25) is 0 Å². The fraction of sp³-hybridized carbons (Fsp3) is 0.200. The summed E-state index contributed by atoms with van der Waals surface area (Å²) in [6.07, 6.45) is 1.34. The Morgan fingerprint density at radius 1 is 1.04 bits per heavy atom. The predicted molar refractivity (Wildman–Crippen MR) is 104 cm³/mol. The molecule has 0 bridgehead atoms. The van der Waals surface area contributed by atoms with Crippen molar-refractivity contribution >= 4 is 28.6 Å². The molecule has 2 aromatic carbocycles. The second-order valence-electron chi connectivity index (χ2n) is 6.40. The second-order valence-corrected chi connectivity index (χ2v) is 7.26. The maximum atomic E-state index is 11.5. The first-order valence-electron chi connectivity index (χ1n) is 8.26. The zero-order chi connectivity index (χ0) is 17.4. The van der Waals surface area contributed by atoms with Gasteiger partial charge in [0, 0.05) is 48.4 Å². The normalized spacial score (nSPS) is 13.3. The van der Waals surface area contributed by atoms with Crippen LogP contribution in [-0.4, -0.2) is 25.0 Å². The van der Waals surface area contributed by atoms with E-state index < -0.39 is 0 Å². The molecule has 3 aromatic rings. The maximum absolute atomic E-state index is 11.5. The summed E-state index contributed by atoms with van der Waals surface area (Å²) in [6.45, 7) is 0. The Balaban J connectivity index is 1.62. The summed E-state index contributed by atoms with van der Waals surface area (Å²) in [5, 5.41) is 6.04. The third-order valence-electron chi connectivity index (χ3n) is 4.43. The average molecular weight is 349 g/mol. The number of aromatic nitrogens is 1. The first-order valence-corrected chi connectivity index (χ1v) is 9.14. The molecular formula is C20H19N3OS. The van der Waals surface area contributed by atoms with E-state index in [0.29, 0.717) is 6.42 Å². The van der Waals surface area contributed by atoms with Gasteiger partial charge in [0.1, 0.15) is 5.01 Å². The minimum absolute atomic E-state index is 0.0948. The average Bonchev–Trinajstić information content (AvgIpc) is 3.11. The molecule has 1 aliphatic rings. The van der Waals surface area contributed by atoms with Crippen molar-refractivity contribution in [1.29, 1.82) is 0 Å². The number of hydrogen-bond donors (Lipinski definition) is 1. The van der Waals surface area contributed by atoms with Gasteiger partial charge in [-0.2, -0.15) is 0 Å². The molecule has 0 radical (unpaired) electrons. The van der Waals surface area contributed by atoms with E-state index in [2.05, 4.69) is 45.9 Å². The number of thiazole rings is 1. The minimum Gasteiger partial charge on any atom is -0.378 e. The van der Waals surface area contributed by atoms with Gasteiger partial charge in [0.05, 0.1) is 5.69 Å². The van der Waals surface area contributed by atoms with Crippen molar-refractivity contribution in [2.75, 3.05) is 24.3 Å². The van der Waals surface area contributed by atoms with Crippen LogP contribution in [-0.2, 0) is 11.2 Å². The van der Waals surface area contributed by atoms with Gasteiger partial charge in [0.25, 0.3) is 0 Å². The molecule has 4 rings (SSSR count). The number of nitrogens with zero attached hydrogens (tertiary/aromatic N) is 2. The highest BCUT2D eigenvalue weighted by atomic mass is 32.1. The van der Waals surface area contributed by atoms with Crippen LogP contribution in [0, 0.1) is 0 Å². The number of carbonyl (C=O) groups excluding carboxylic acids is 1. The Kier molecular flexibility index (Phi) is 4.01. The van der Waals surface area contributed by atoms with Crippen molar-refractivity contribution in [3.63, 3.8) is 0 Å². The number of hydrogen-bond acceptors (Lipinski definition) is 4. The van der Waals surface area contributed by atoms with Crippen LogP contribution in [0.3, 0.4) is 0 Å². The summed E-state index contributed by atoms with van der Waals surface area (Å²) in [4.78, 5) is 18.4. The fourth-order valence-electron chi connectivity index (χ4n) is 2.98. The van der Waals surface area contributed by atoms with Gasteiger partial charge < -0.3 is 10.2 Å². The van der Waals surface area contributed by atoms with Gasteiger partial charge in [-0.3, -0.25) is 4.79 Å².